The largest absolute Gasteiger partial charge is 0.465 e. The lowest BCUT2D eigenvalue weighted by molar-refractivity contribution is 0.0603. The highest BCUT2D eigenvalue weighted by atomic mass is 32.1. The molecule has 0 radical (unpaired) electrons. The van der Waals surface area contributed by atoms with Crippen molar-refractivity contribution in [1.82, 2.24) is 0 Å². The summed E-state index contributed by atoms with van der Waals surface area (Å²) in [6.45, 7) is 0. The fourth-order valence-corrected chi connectivity index (χ4v) is 4.53. The lowest BCUT2D eigenvalue weighted by Gasteiger charge is -2.07. The Morgan fingerprint density at radius 1 is 1.11 bits per heavy atom. The number of thiophene rings is 2. The number of esters is 1. The number of nitrogens with one attached hydrogen (secondary N) is 1. The van der Waals surface area contributed by atoms with E-state index in [0.717, 1.165) is 4.88 Å². The van der Waals surface area contributed by atoms with Gasteiger partial charge in [0.2, 0.25) is 0 Å². The number of para-hydroxylation sites is 1. The van der Waals surface area contributed by atoms with Crippen LogP contribution in [0.3, 0.4) is 0 Å². The molecular formula is C20H13NO5S2. The van der Waals surface area contributed by atoms with E-state index >= 15 is 0 Å². The Morgan fingerprint density at radius 2 is 1.93 bits per heavy atom. The summed E-state index contributed by atoms with van der Waals surface area (Å²) in [5.74, 6) is -1.21. The first-order valence-electron chi connectivity index (χ1n) is 8.16. The zero-order chi connectivity index (χ0) is 19.7. The fraction of sp³-hybridized carbons (Fsp3) is 0.0500. The molecule has 0 atom stereocenters. The van der Waals surface area contributed by atoms with Crippen LogP contribution >= 0.6 is 22.7 Å². The molecule has 0 bridgehead atoms. The third-order valence-corrected chi connectivity index (χ3v) is 5.88. The van der Waals surface area contributed by atoms with E-state index in [2.05, 4.69) is 5.32 Å². The lowest BCUT2D eigenvalue weighted by atomic mass is 10.1. The second kappa shape index (κ2) is 7.41. The molecule has 0 saturated heterocycles. The lowest BCUT2D eigenvalue weighted by Crippen LogP contribution is -2.21. The van der Waals surface area contributed by atoms with Crippen LogP contribution in [0.1, 0.15) is 20.7 Å². The predicted octanol–water partition coefficient (Wildman–Crippen LogP) is 4.62. The van der Waals surface area contributed by atoms with E-state index in [9.17, 15) is 14.4 Å². The highest BCUT2D eigenvalue weighted by Crippen LogP contribution is 2.38. The van der Waals surface area contributed by atoms with Crippen molar-refractivity contribution in [3.63, 3.8) is 0 Å². The summed E-state index contributed by atoms with van der Waals surface area (Å²) in [7, 11) is 1.28. The molecule has 4 aromatic rings. The highest BCUT2D eigenvalue weighted by Gasteiger charge is 2.24. The molecular weight excluding hydrogens is 398 g/mol. The fourth-order valence-electron chi connectivity index (χ4n) is 2.76. The van der Waals surface area contributed by atoms with Gasteiger partial charge in [0.05, 0.1) is 7.11 Å². The van der Waals surface area contributed by atoms with Gasteiger partial charge in [-0.2, -0.15) is 0 Å². The molecule has 1 N–H and O–H groups in total. The van der Waals surface area contributed by atoms with Crippen molar-refractivity contribution < 1.29 is 18.7 Å². The van der Waals surface area contributed by atoms with Gasteiger partial charge in [-0.05, 0) is 23.6 Å². The van der Waals surface area contributed by atoms with Crippen molar-refractivity contribution in [2.45, 2.75) is 0 Å². The van der Waals surface area contributed by atoms with Crippen molar-refractivity contribution in [1.29, 1.82) is 0 Å². The van der Waals surface area contributed by atoms with Gasteiger partial charge in [0.15, 0.2) is 0 Å². The number of hydrogen-bond donors (Lipinski definition) is 1. The van der Waals surface area contributed by atoms with Gasteiger partial charge in [0, 0.05) is 21.2 Å². The van der Waals surface area contributed by atoms with Gasteiger partial charge < -0.3 is 14.5 Å². The first-order chi connectivity index (χ1) is 13.6. The maximum absolute atomic E-state index is 12.7. The Bertz CT molecular complexity index is 1240. The third-order valence-electron chi connectivity index (χ3n) is 4.08. The van der Waals surface area contributed by atoms with E-state index in [0.29, 0.717) is 21.5 Å². The van der Waals surface area contributed by atoms with Gasteiger partial charge in [0.25, 0.3) is 5.91 Å². The van der Waals surface area contributed by atoms with Crippen LogP contribution in [0.15, 0.2) is 62.4 Å². The number of hydrogen-bond acceptors (Lipinski definition) is 7. The van der Waals surface area contributed by atoms with E-state index in [1.54, 1.807) is 29.6 Å². The van der Waals surface area contributed by atoms with Crippen LogP contribution in [0.5, 0.6) is 0 Å². The number of amides is 1. The molecule has 0 aliphatic carbocycles. The molecule has 0 aliphatic heterocycles. The molecule has 28 heavy (non-hydrogen) atoms. The Balaban J connectivity index is 1.73. The molecule has 0 unspecified atom stereocenters. The Kier molecular flexibility index (Phi) is 4.81. The van der Waals surface area contributed by atoms with Crippen molar-refractivity contribution in [3.8, 4) is 10.4 Å². The number of carbonyl (C=O) groups is 2. The second-order valence-electron chi connectivity index (χ2n) is 5.76. The van der Waals surface area contributed by atoms with Gasteiger partial charge >= 0.3 is 11.6 Å². The first-order valence-corrected chi connectivity index (χ1v) is 9.92. The van der Waals surface area contributed by atoms with E-state index < -0.39 is 17.5 Å². The Hall–Kier alpha value is -3.23. The number of rotatable bonds is 4. The average Bonchev–Trinajstić information content (AvgIpc) is 3.36. The minimum absolute atomic E-state index is 0.138. The van der Waals surface area contributed by atoms with Crippen LogP contribution in [0.25, 0.3) is 21.4 Å². The van der Waals surface area contributed by atoms with Crippen molar-refractivity contribution in [3.05, 3.63) is 74.8 Å². The van der Waals surface area contributed by atoms with E-state index in [1.165, 1.54) is 35.8 Å². The van der Waals surface area contributed by atoms with Crippen LogP contribution in [0, 0.1) is 0 Å². The molecule has 140 valence electrons. The summed E-state index contributed by atoms with van der Waals surface area (Å²) in [6.07, 6.45) is 0. The number of anilines is 1. The van der Waals surface area contributed by atoms with Gasteiger partial charge in [-0.1, -0.05) is 24.3 Å². The third kappa shape index (κ3) is 3.23. The zero-order valence-corrected chi connectivity index (χ0v) is 16.2. The SMILES string of the molecule is COC(=O)c1c(-c2cccs2)csc1NC(=O)c1cc2ccccc2oc1=O. The molecule has 6 nitrogen and oxygen atoms in total. The van der Waals surface area contributed by atoms with Crippen LogP contribution in [0.4, 0.5) is 5.00 Å². The summed E-state index contributed by atoms with van der Waals surface area (Å²) in [5, 5.41) is 7.27. The molecule has 0 saturated carbocycles. The molecule has 3 aromatic heterocycles. The Labute approximate surface area is 167 Å². The summed E-state index contributed by atoms with van der Waals surface area (Å²) in [5.41, 5.74) is 0.447. The maximum Gasteiger partial charge on any atom is 0.349 e. The summed E-state index contributed by atoms with van der Waals surface area (Å²) in [6, 6.07) is 12.1. The summed E-state index contributed by atoms with van der Waals surface area (Å²) < 4.78 is 10.1. The minimum atomic E-state index is -0.745. The maximum atomic E-state index is 12.7. The van der Waals surface area contributed by atoms with Gasteiger partial charge in [-0.15, -0.1) is 22.7 Å². The number of fused-ring (bicyclic) bond motifs is 1. The van der Waals surface area contributed by atoms with Crippen molar-refractivity contribution >= 4 is 50.5 Å². The van der Waals surface area contributed by atoms with Crippen LogP contribution < -0.4 is 10.9 Å². The minimum Gasteiger partial charge on any atom is -0.465 e. The van der Waals surface area contributed by atoms with Crippen molar-refractivity contribution in [2.24, 2.45) is 0 Å². The molecule has 8 heteroatoms. The quantitative estimate of drug-likeness (QED) is 0.391. The number of methoxy groups -OCH3 is 1. The molecule has 0 fully saturated rings. The van der Waals surface area contributed by atoms with Gasteiger partial charge in [-0.25, -0.2) is 9.59 Å². The molecule has 3 heterocycles. The van der Waals surface area contributed by atoms with Crippen molar-refractivity contribution in [2.75, 3.05) is 12.4 Å². The smallest absolute Gasteiger partial charge is 0.349 e. The monoisotopic (exact) mass is 411 g/mol. The molecule has 1 aromatic carbocycles. The predicted molar refractivity (Wildman–Crippen MR) is 109 cm³/mol. The Morgan fingerprint density at radius 3 is 2.68 bits per heavy atom. The molecule has 0 aliphatic rings. The summed E-state index contributed by atoms with van der Waals surface area (Å²) in [4.78, 5) is 38.1. The molecule has 4 rings (SSSR count). The second-order valence-corrected chi connectivity index (χ2v) is 7.59. The van der Waals surface area contributed by atoms with E-state index in [-0.39, 0.29) is 11.1 Å². The highest BCUT2D eigenvalue weighted by molar-refractivity contribution is 7.17. The van der Waals surface area contributed by atoms with E-state index in [4.69, 9.17) is 9.15 Å². The van der Waals surface area contributed by atoms with Crippen LogP contribution in [-0.2, 0) is 4.74 Å². The number of benzene rings is 1. The summed E-state index contributed by atoms with van der Waals surface area (Å²) >= 11 is 2.66. The first kappa shape index (κ1) is 18.1. The van der Waals surface area contributed by atoms with Gasteiger partial charge in [-0.3, -0.25) is 4.79 Å². The van der Waals surface area contributed by atoms with Crippen LogP contribution in [-0.4, -0.2) is 19.0 Å². The normalized spacial score (nSPS) is 10.8. The number of ether oxygens (including phenoxy) is 1. The van der Waals surface area contributed by atoms with Crippen LogP contribution in [0.2, 0.25) is 0 Å². The molecule has 0 spiro atoms. The standard InChI is InChI=1S/C20H13NO5S2/c1-25-20(24)16-13(15-7-4-8-27-15)10-28-18(16)21-17(22)12-9-11-5-2-3-6-14(11)26-19(12)23/h2-10H,1H3,(H,21,22). The number of carbonyl (C=O) groups excluding carboxylic acids is 2. The van der Waals surface area contributed by atoms with E-state index in [1.807, 2.05) is 17.5 Å². The van der Waals surface area contributed by atoms with Gasteiger partial charge in [0.1, 0.15) is 21.7 Å². The topological polar surface area (TPSA) is 85.6 Å². The zero-order valence-electron chi connectivity index (χ0n) is 14.6. The average molecular weight is 411 g/mol. The molecule has 1 amide bonds.